The van der Waals surface area contributed by atoms with E-state index in [0.717, 1.165) is 5.57 Å². The lowest BCUT2D eigenvalue weighted by Gasteiger charge is -2.24. The average Bonchev–Trinajstić information content (AvgIpc) is 2.76. The Labute approximate surface area is 112 Å². The smallest absolute Gasteiger partial charge is 0.410 e. The molecule has 0 N–H and O–H groups in total. The standard InChI is InChI=1S/C15H18FNO2/c1-15(2,3)19-14(18)17-9-8-11(10-17)12-6-4-5-7-13(12)16/h4-8H,9-10H2,1-3H3. The Kier molecular flexibility index (Phi) is 3.60. The second-order valence-electron chi connectivity index (χ2n) is 5.57. The van der Waals surface area contributed by atoms with Crippen molar-refractivity contribution in [3.8, 4) is 0 Å². The van der Waals surface area contributed by atoms with Crippen molar-refractivity contribution < 1.29 is 13.9 Å². The molecule has 19 heavy (non-hydrogen) atoms. The van der Waals surface area contributed by atoms with Gasteiger partial charge >= 0.3 is 6.09 Å². The Morgan fingerprint density at radius 2 is 2.00 bits per heavy atom. The normalized spacial score (nSPS) is 15.4. The van der Waals surface area contributed by atoms with Gasteiger partial charge in [0.05, 0.1) is 0 Å². The highest BCUT2D eigenvalue weighted by atomic mass is 19.1. The van der Waals surface area contributed by atoms with Gasteiger partial charge in [0.15, 0.2) is 0 Å². The fourth-order valence-corrected chi connectivity index (χ4v) is 1.94. The molecule has 3 nitrogen and oxygen atoms in total. The van der Waals surface area contributed by atoms with Crippen LogP contribution in [0.25, 0.3) is 5.57 Å². The molecule has 2 rings (SSSR count). The van der Waals surface area contributed by atoms with Crippen LogP contribution in [-0.2, 0) is 4.74 Å². The number of amides is 1. The minimum absolute atomic E-state index is 0.264. The number of halogens is 1. The van der Waals surface area contributed by atoms with Crippen molar-refractivity contribution in [1.29, 1.82) is 0 Å². The van der Waals surface area contributed by atoms with Crippen molar-refractivity contribution >= 4 is 11.7 Å². The van der Waals surface area contributed by atoms with Gasteiger partial charge in [0.1, 0.15) is 11.4 Å². The van der Waals surface area contributed by atoms with Crippen molar-refractivity contribution in [2.45, 2.75) is 26.4 Å². The molecular weight excluding hydrogens is 245 g/mol. The van der Waals surface area contributed by atoms with Gasteiger partial charge in [0.25, 0.3) is 0 Å². The van der Waals surface area contributed by atoms with Crippen LogP contribution in [0.1, 0.15) is 26.3 Å². The van der Waals surface area contributed by atoms with Gasteiger partial charge in [0, 0.05) is 18.7 Å². The summed E-state index contributed by atoms with van der Waals surface area (Å²) in [5.74, 6) is -0.264. The fourth-order valence-electron chi connectivity index (χ4n) is 1.94. The molecular formula is C15H18FNO2. The maximum absolute atomic E-state index is 13.7. The number of carbonyl (C=O) groups is 1. The van der Waals surface area contributed by atoms with Crippen molar-refractivity contribution in [3.05, 3.63) is 41.7 Å². The zero-order chi connectivity index (χ0) is 14.0. The van der Waals surface area contributed by atoms with E-state index in [4.69, 9.17) is 4.74 Å². The Bertz CT molecular complexity index is 517. The van der Waals surface area contributed by atoms with Gasteiger partial charge in [-0.2, -0.15) is 0 Å². The first-order chi connectivity index (χ1) is 8.87. The molecule has 1 amide bonds. The molecule has 1 aliphatic heterocycles. The third-order valence-corrected chi connectivity index (χ3v) is 2.79. The highest BCUT2D eigenvalue weighted by Crippen LogP contribution is 2.24. The van der Waals surface area contributed by atoms with Crippen LogP contribution in [0.15, 0.2) is 30.3 Å². The second kappa shape index (κ2) is 5.03. The van der Waals surface area contributed by atoms with E-state index < -0.39 is 5.60 Å². The zero-order valence-electron chi connectivity index (χ0n) is 11.4. The summed E-state index contributed by atoms with van der Waals surface area (Å²) in [6.45, 7) is 6.32. The third-order valence-electron chi connectivity index (χ3n) is 2.79. The molecule has 0 saturated carbocycles. The third kappa shape index (κ3) is 3.34. The summed E-state index contributed by atoms with van der Waals surface area (Å²) < 4.78 is 19.0. The molecule has 1 aliphatic rings. The number of rotatable bonds is 1. The number of hydrogen-bond acceptors (Lipinski definition) is 2. The van der Waals surface area contributed by atoms with E-state index in [-0.39, 0.29) is 11.9 Å². The number of nitrogens with zero attached hydrogens (tertiary/aromatic N) is 1. The lowest BCUT2D eigenvalue weighted by molar-refractivity contribution is 0.0306. The number of carbonyl (C=O) groups excluding carboxylic acids is 1. The number of benzene rings is 1. The molecule has 4 heteroatoms. The van der Waals surface area contributed by atoms with Gasteiger partial charge in [-0.05, 0) is 32.4 Å². The molecule has 1 aromatic carbocycles. The molecule has 0 spiro atoms. The molecule has 1 aromatic rings. The van der Waals surface area contributed by atoms with Crippen LogP contribution in [0.5, 0.6) is 0 Å². The topological polar surface area (TPSA) is 29.5 Å². The molecule has 0 fully saturated rings. The summed E-state index contributed by atoms with van der Waals surface area (Å²) in [4.78, 5) is 13.5. The van der Waals surface area contributed by atoms with Gasteiger partial charge in [-0.15, -0.1) is 0 Å². The summed E-state index contributed by atoms with van der Waals surface area (Å²) in [5, 5.41) is 0. The summed E-state index contributed by atoms with van der Waals surface area (Å²) in [6.07, 6.45) is 1.50. The van der Waals surface area contributed by atoms with Crippen LogP contribution in [0.4, 0.5) is 9.18 Å². The first-order valence-electron chi connectivity index (χ1n) is 6.29. The summed E-state index contributed by atoms with van der Waals surface area (Å²) in [6, 6.07) is 6.58. The Balaban J connectivity index is 2.04. The highest BCUT2D eigenvalue weighted by Gasteiger charge is 2.26. The fraction of sp³-hybridized carbons (Fsp3) is 0.400. The van der Waals surface area contributed by atoms with E-state index >= 15 is 0 Å². The predicted octanol–water partition coefficient (Wildman–Crippen LogP) is 3.46. The van der Waals surface area contributed by atoms with E-state index in [9.17, 15) is 9.18 Å². The van der Waals surface area contributed by atoms with Crippen LogP contribution < -0.4 is 0 Å². The lowest BCUT2D eigenvalue weighted by Crippen LogP contribution is -2.35. The highest BCUT2D eigenvalue weighted by molar-refractivity contribution is 5.77. The predicted molar refractivity (Wildman–Crippen MR) is 72.2 cm³/mol. The van der Waals surface area contributed by atoms with E-state index in [0.29, 0.717) is 18.7 Å². The Morgan fingerprint density at radius 3 is 2.63 bits per heavy atom. The van der Waals surface area contributed by atoms with Crippen molar-refractivity contribution in [1.82, 2.24) is 4.90 Å². The molecule has 0 aromatic heterocycles. The second-order valence-corrected chi connectivity index (χ2v) is 5.57. The summed E-state index contributed by atoms with van der Waals surface area (Å²) in [7, 11) is 0. The van der Waals surface area contributed by atoms with Crippen molar-refractivity contribution in [2.24, 2.45) is 0 Å². The van der Waals surface area contributed by atoms with Crippen molar-refractivity contribution in [3.63, 3.8) is 0 Å². The Morgan fingerprint density at radius 1 is 1.32 bits per heavy atom. The summed E-state index contributed by atoms with van der Waals surface area (Å²) in [5.41, 5.74) is 0.857. The monoisotopic (exact) mass is 263 g/mol. The van der Waals surface area contributed by atoms with Gasteiger partial charge < -0.3 is 9.64 Å². The van der Waals surface area contributed by atoms with E-state index in [1.54, 1.807) is 23.1 Å². The van der Waals surface area contributed by atoms with Gasteiger partial charge in [-0.25, -0.2) is 9.18 Å². The minimum Gasteiger partial charge on any atom is -0.444 e. The maximum atomic E-state index is 13.7. The molecule has 0 saturated heterocycles. The van der Waals surface area contributed by atoms with Crippen LogP contribution in [0, 0.1) is 5.82 Å². The molecule has 0 aliphatic carbocycles. The number of ether oxygens (including phenoxy) is 1. The quantitative estimate of drug-likeness (QED) is 0.776. The van der Waals surface area contributed by atoms with E-state index in [2.05, 4.69) is 0 Å². The Hall–Kier alpha value is -1.84. The molecule has 0 radical (unpaired) electrons. The molecule has 0 atom stereocenters. The first-order valence-corrected chi connectivity index (χ1v) is 6.29. The molecule has 1 heterocycles. The molecule has 0 bridgehead atoms. The SMILES string of the molecule is CC(C)(C)OC(=O)N1CC=C(c2ccccc2F)C1. The van der Waals surface area contributed by atoms with E-state index in [1.165, 1.54) is 6.07 Å². The average molecular weight is 263 g/mol. The van der Waals surface area contributed by atoms with Gasteiger partial charge in [-0.1, -0.05) is 24.3 Å². The van der Waals surface area contributed by atoms with Crippen LogP contribution in [-0.4, -0.2) is 29.7 Å². The maximum Gasteiger partial charge on any atom is 0.410 e. The largest absolute Gasteiger partial charge is 0.444 e. The van der Waals surface area contributed by atoms with Gasteiger partial charge in [-0.3, -0.25) is 0 Å². The lowest BCUT2D eigenvalue weighted by atomic mass is 10.1. The van der Waals surface area contributed by atoms with Crippen molar-refractivity contribution in [2.75, 3.05) is 13.1 Å². The first kappa shape index (κ1) is 13.6. The van der Waals surface area contributed by atoms with Crippen LogP contribution in [0.2, 0.25) is 0 Å². The van der Waals surface area contributed by atoms with E-state index in [1.807, 2.05) is 26.8 Å². The minimum atomic E-state index is -0.516. The van der Waals surface area contributed by atoms with Gasteiger partial charge in [0.2, 0.25) is 0 Å². The zero-order valence-corrected chi connectivity index (χ0v) is 11.4. The summed E-state index contributed by atoms with van der Waals surface area (Å²) >= 11 is 0. The molecule has 102 valence electrons. The van der Waals surface area contributed by atoms with Crippen LogP contribution >= 0.6 is 0 Å². The van der Waals surface area contributed by atoms with Crippen LogP contribution in [0.3, 0.4) is 0 Å². The molecule has 0 unspecified atom stereocenters. The number of hydrogen-bond donors (Lipinski definition) is 0.